The van der Waals surface area contributed by atoms with Crippen molar-refractivity contribution in [2.75, 3.05) is 38.7 Å². The van der Waals surface area contributed by atoms with E-state index in [-0.39, 0.29) is 12.5 Å². The zero-order valence-electron chi connectivity index (χ0n) is 20.2. The van der Waals surface area contributed by atoms with E-state index in [9.17, 15) is 9.90 Å². The van der Waals surface area contributed by atoms with E-state index < -0.39 is 6.10 Å². The number of hydrogen-bond donors (Lipinski definition) is 3. The molecule has 1 atom stereocenters. The molecule has 0 saturated carbocycles. The van der Waals surface area contributed by atoms with Crippen molar-refractivity contribution in [1.29, 1.82) is 0 Å². The van der Waals surface area contributed by atoms with Crippen LogP contribution in [0.25, 0.3) is 10.9 Å². The van der Waals surface area contributed by atoms with Gasteiger partial charge in [0.25, 0.3) is 5.91 Å². The van der Waals surface area contributed by atoms with Gasteiger partial charge in [-0.25, -0.2) is 0 Å². The fourth-order valence-electron chi connectivity index (χ4n) is 4.94. The number of anilines is 1. The molecule has 0 aliphatic carbocycles. The second-order valence-corrected chi connectivity index (χ2v) is 9.37. The summed E-state index contributed by atoms with van der Waals surface area (Å²) in [6.07, 6.45) is 3.19. The van der Waals surface area contributed by atoms with Gasteiger partial charge in [0.05, 0.1) is 24.4 Å². The van der Waals surface area contributed by atoms with Gasteiger partial charge < -0.3 is 30.1 Å². The van der Waals surface area contributed by atoms with Crippen molar-refractivity contribution >= 4 is 22.5 Å². The van der Waals surface area contributed by atoms with Crippen LogP contribution < -0.4 is 20.1 Å². The third-order valence-corrected chi connectivity index (χ3v) is 7.01. The quantitative estimate of drug-likeness (QED) is 0.482. The Kier molecular flexibility index (Phi) is 6.86. The van der Waals surface area contributed by atoms with Crippen molar-refractivity contribution in [2.45, 2.75) is 38.5 Å². The van der Waals surface area contributed by atoms with Crippen LogP contribution in [0.1, 0.15) is 35.6 Å². The zero-order valence-corrected chi connectivity index (χ0v) is 20.2. The van der Waals surface area contributed by atoms with E-state index in [2.05, 4.69) is 27.4 Å². The van der Waals surface area contributed by atoms with Gasteiger partial charge in [0.2, 0.25) is 0 Å². The first kappa shape index (κ1) is 23.5. The van der Waals surface area contributed by atoms with Crippen LogP contribution in [0.5, 0.6) is 11.5 Å². The van der Waals surface area contributed by atoms with Gasteiger partial charge in [-0.3, -0.25) is 9.78 Å². The summed E-state index contributed by atoms with van der Waals surface area (Å²) in [5, 5.41) is 18.5. The SMILES string of the molecule is COc1ccc2nccc([C@@H](O)CN3CCC(NCc4cc5c(cc4C)OCC(=O)N5)CC3)c2c1. The lowest BCUT2D eigenvalue weighted by atomic mass is 10.0. The molecule has 3 heterocycles. The Morgan fingerprint density at radius 2 is 2.09 bits per heavy atom. The second-order valence-electron chi connectivity index (χ2n) is 9.37. The molecule has 2 aliphatic rings. The minimum absolute atomic E-state index is 0.0723. The summed E-state index contributed by atoms with van der Waals surface area (Å²) in [5.74, 6) is 1.38. The Bertz CT molecular complexity index is 1220. The summed E-state index contributed by atoms with van der Waals surface area (Å²) in [6, 6.07) is 12.1. The third-order valence-electron chi connectivity index (χ3n) is 7.01. The number of carbonyl (C=O) groups excluding carboxylic acids is 1. The lowest BCUT2D eigenvalue weighted by molar-refractivity contribution is -0.118. The number of hydrogen-bond acceptors (Lipinski definition) is 7. The maximum absolute atomic E-state index is 11.6. The Labute approximate surface area is 205 Å². The predicted octanol–water partition coefficient (Wildman–Crippen LogP) is 3.17. The van der Waals surface area contributed by atoms with Gasteiger partial charge in [-0.15, -0.1) is 0 Å². The first-order valence-corrected chi connectivity index (χ1v) is 12.1. The Morgan fingerprint density at radius 3 is 2.89 bits per heavy atom. The number of fused-ring (bicyclic) bond motifs is 2. The molecule has 0 spiro atoms. The molecule has 35 heavy (non-hydrogen) atoms. The molecule has 2 aliphatic heterocycles. The Morgan fingerprint density at radius 1 is 1.26 bits per heavy atom. The summed E-state index contributed by atoms with van der Waals surface area (Å²) in [7, 11) is 1.64. The average Bonchev–Trinajstić information content (AvgIpc) is 2.87. The summed E-state index contributed by atoms with van der Waals surface area (Å²) < 4.78 is 10.9. The van der Waals surface area contributed by atoms with Crippen molar-refractivity contribution in [2.24, 2.45) is 0 Å². The number of likely N-dealkylation sites (tertiary alicyclic amines) is 1. The lowest BCUT2D eigenvalue weighted by Crippen LogP contribution is -2.43. The van der Waals surface area contributed by atoms with E-state index in [1.165, 1.54) is 0 Å². The molecule has 8 nitrogen and oxygen atoms in total. The smallest absolute Gasteiger partial charge is 0.262 e. The van der Waals surface area contributed by atoms with Crippen molar-refractivity contribution in [3.63, 3.8) is 0 Å². The summed E-state index contributed by atoms with van der Waals surface area (Å²) in [4.78, 5) is 18.4. The van der Waals surface area contributed by atoms with Crippen LogP contribution in [-0.2, 0) is 11.3 Å². The molecule has 3 N–H and O–H groups in total. The van der Waals surface area contributed by atoms with Crippen LogP contribution in [0.15, 0.2) is 42.6 Å². The number of amides is 1. The maximum Gasteiger partial charge on any atom is 0.262 e. The summed E-state index contributed by atoms with van der Waals surface area (Å²) in [6.45, 7) is 5.32. The summed E-state index contributed by atoms with van der Waals surface area (Å²) in [5.41, 5.74) is 4.79. The van der Waals surface area contributed by atoms with E-state index >= 15 is 0 Å². The number of aryl methyl sites for hydroxylation is 1. The highest BCUT2D eigenvalue weighted by atomic mass is 16.5. The second kappa shape index (κ2) is 10.2. The first-order chi connectivity index (χ1) is 17.0. The van der Waals surface area contributed by atoms with Gasteiger partial charge >= 0.3 is 0 Å². The van der Waals surface area contributed by atoms with Gasteiger partial charge in [-0.2, -0.15) is 0 Å². The molecule has 3 aromatic rings. The van der Waals surface area contributed by atoms with Crippen LogP contribution in [0.2, 0.25) is 0 Å². The van der Waals surface area contributed by atoms with Crippen molar-refractivity contribution in [3.05, 3.63) is 59.3 Å². The highest BCUT2D eigenvalue weighted by molar-refractivity contribution is 5.95. The van der Waals surface area contributed by atoms with Gasteiger partial charge in [0.1, 0.15) is 11.5 Å². The van der Waals surface area contributed by atoms with Crippen LogP contribution in [0.4, 0.5) is 5.69 Å². The number of ether oxygens (including phenoxy) is 2. The molecule has 0 bridgehead atoms. The number of nitrogens with zero attached hydrogens (tertiary/aromatic N) is 2. The van der Waals surface area contributed by atoms with E-state index in [1.807, 2.05) is 36.4 Å². The van der Waals surface area contributed by atoms with Gasteiger partial charge in [0, 0.05) is 30.7 Å². The lowest BCUT2D eigenvalue weighted by Gasteiger charge is -2.34. The molecule has 0 radical (unpaired) electrons. The van der Waals surface area contributed by atoms with Crippen LogP contribution >= 0.6 is 0 Å². The van der Waals surface area contributed by atoms with Gasteiger partial charge in [-0.1, -0.05) is 0 Å². The van der Waals surface area contributed by atoms with Gasteiger partial charge in [0.15, 0.2) is 6.61 Å². The highest BCUT2D eigenvalue weighted by Crippen LogP contribution is 2.31. The maximum atomic E-state index is 11.6. The van der Waals surface area contributed by atoms with Crippen molar-refractivity contribution in [1.82, 2.24) is 15.2 Å². The van der Waals surface area contributed by atoms with E-state index in [0.717, 1.165) is 77.3 Å². The largest absolute Gasteiger partial charge is 0.497 e. The number of methoxy groups -OCH3 is 1. The van der Waals surface area contributed by atoms with E-state index in [0.29, 0.717) is 12.6 Å². The fraction of sp³-hybridized carbons (Fsp3) is 0.407. The molecule has 184 valence electrons. The van der Waals surface area contributed by atoms with Crippen LogP contribution in [0, 0.1) is 6.92 Å². The van der Waals surface area contributed by atoms with Crippen molar-refractivity contribution in [3.8, 4) is 11.5 Å². The van der Waals surface area contributed by atoms with E-state index in [4.69, 9.17) is 9.47 Å². The third kappa shape index (κ3) is 5.24. The zero-order chi connectivity index (χ0) is 24.4. The predicted molar refractivity (Wildman–Crippen MR) is 135 cm³/mol. The fourth-order valence-corrected chi connectivity index (χ4v) is 4.94. The highest BCUT2D eigenvalue weighted by Gasteiger charge is 2.23. The topological polar surface area (TPSA) is 96.0 Å². The standard InChI is InChI=1S/C27H32N4O4/c1-17-11-26-24(30-27(33)16-35-26)12-18(17)14-29-19-6-9-31(10-7-19)15-25(32)21-5-8-28-23-4-3-20(34-2)13-22(21)23/h3-5,8,11-13,19,25,29,32H,6-7,9-10,14-16H2,1-2H3,(H,30,33)/t25-/m0/s1. The van der Waals surface area contributed by atoms with E-state index in [1.54, 1.807) is 13.3 Å². The number of piperidine rings is 1. The number of nitrogens with one attached hydrogen (secondary N) is 2. The number of aliphatic hydroxyl groups is 1. The first-order valence-electron chi connectivity index (χ1n) is 12.1. The van der Waals surface area contributed by atoms with Crippen molar-refractivity contribution < 1.29 is 19.4 Å². The Balaban J connectivity index is 1.16. The number of β-amino-alcohol motifs (C(OH)–C–C–N with tert-alkyl or cyclic N) is 1. The number of benzene rings is 2. The molecule has 0 unspecified atom stereocenters. The molecule has 8 heteroatoms. The number of aliphatic hydroxyl groups excluding tert-OH is 1. The molecular formula is C27H32N4O4. The average molecular weight is 477 g/mol. The molecule has 1 saturated heterocycles. The molecule has 1 amide bonds. The molecule has 1 fully saturated rings. The normalized spacial score (nSPS) is 17.5. The number of aromatic nitrogens is 1. The van der Waals surface area contributed by atoms with Gasteiger partial charge in [-0.05, 0) is 85.9 Å². The Hall–Kier alpha value is -3.20. The summed E-state index contributed by atoms with van der Waals surface area (Å²) >= 11 is 0. The minimum atomic E-state index is -0.590. The van der Waals surface area contributed by atoms with Crippen LogP contribution in [-0.4, -0.2) is 60.3 Å². The molecular weight excluding hydrogens is 444 g/mol. The number of pyridine rings is 1. The number of carbonyl (C=O) groups is 1. The number of rotatable bonds is 7. The van der Waals surface area contributed by atoms with Crippen LogP contribution in [0.3, 0.4) is 0 Å². The molecule has 2 aromatic carbocycles. The monoisotopic (exact) mass is 476 g/mol. The molecule has 1 aromatic heterocycles. The molecule has 5 rings (SSSR count). The minimum Gasteiger partial charge on any atom is -0.497 e.